The number of rotatable bonds is 9. The first-order chi connectivity index (χ1) is 15.1. The van der Waals surface area contributed by atoms with E-state index in [1.807, 2.05) is 19.1 Å². The predicted octanol–water partition coefficient (Wildman–Crippen LogP) is 4.38. The molecule has 0 radical (unpaired) electrons. The SMILES string of the molecule is CCNC(=NCc1ccnc(Oc2ccc(F)cc2)c1)NCc1c(CC)noc1CC. The van der Waals surface area contributed by atoms with Gasteiger partial charge < -0.3 is 19.9 Å². The minimum atomic E-state index is -0.310. The lowest BCUT2D eigenvalue weighted by atomic mass is 10.1. The lowest BCUT2D eigenvalue weighted by molar-refractivity contribution is 0.380. The van der Waals surface area contributed by atoms with Gasteiger partial charge in [-0.25, -0.2) is 14.4 Å². The second-order valence-corrected chi connectivity index (χ2v) is 6.85. The van der Waals surface area contributed by atoms with Crippen LogP contribution in [0.3, 0.4) is 0 Å². The third-order valence-electron chi connectivity index (χ3n) is 4.64. The van der Waals surface area contributed by atoms with E-state index in [0.29, 0.717) is 30.7 Å². The van der Waals surface area contributed by atoms with E-state index in [9.17, 15) is 4.39 Å². The van der Waals surface area contributed by atoms with E-state index in [1.54, 1.807) is 18.3 Å². The van der Waals surface area contributed by atoms with E-state index in [4.69, 9.17) is 9.26 Å². The number of benzene rings is 1. The zero-order valence-corrected chi connectivity index (χ0v) is 18.1. The Morgan fingerprint density at radius 3 is 2.61 bits per heavy atom. The topological polar surface area (TPSA) is 84.6 Å². The molecule has 1 aromatic carbocycles. The van der Waals surface area contributed by atoms with Crippen LogP contribution in [0.2, 0.25) is 0 Å². The fourth-order valence-corrected chi connectivity index (χ4v) is 3.05. The summed E-state index contributed by atoms with van der Waals surface area (Å²) in [6, 6.07) is 9.53. The summed E-state index contributed by atoms with van der Waals surface area (Å²) in [5.74, 6) is 2.25. The van der Waals surface area contributed by atoms with Gasteiger partial charge >= 0.3 is 0 Å². The van der Waals surface area contributed by atoms with Crippen LogP contribution in [0.15, 0.2) is 52.1 Å². The third-order valence-corrected chi connectivity index (χ3v) is 4.64. The first-order valence-corrected chi connectivity index (χ1v) is 10.5. The quantitative estimate of drug-likeness (QED) is 0.391. The number of aliphatic imine (C=N–C) groups is 1. The maximum Gasteiger partial charge on any atom is 0.219 e. The largest absolute Gasteiger partial charge is 0.439 e. The van der Waals surface area contributed by atoms with E-state index in [1.165, 1.54) is 12.1 Å². The monoisotopic (exact) mass is 425 g/mol. The maximum absolute atomic E-state index is 13.1. The molecular weight excluding hydrogens is 397 g/mol. The highest BCUT2D eigenvalue weighted by Crippen LogP contribution is 2.20. The number of halogens is 1. The molecule has 7 nitrogen and oxygen atoms in total. The second kappa shape index (κ2) is 11.1. The molecule has 0 amide bonds. The number of hydrogen-bond acceptors (Lipinski definition) is 5. The van der Waals surface area contributed by atoms with Crippen molar-refractivity contribution in [3.63, 3.8) is 0 Å². The number of ether oxygens (including phenoxy) is 1. The highest BCUT2D eigenvalue weighted by atomic mass is 19.1. The lowest BCUT2D eigenvalue weighted by Gasteiger charge is -2.12. The van der Waals surface area contributed by atoms with Crippen LogP contribution in [0, 0.1) is 5.82 Å². The van der Waals surface area contributed by atoms with Crippen molar-refractivity contribution in [1.29, 1.82) is 0 Å². The molecule has 0 bridgehead atoms. The van der Waals surface area contributed by atoms with Crippen molar-refractivity contribution in [3.8, 4) is 11.6 Å². The minimum Gasteiger partial charge on any atom is -0.439 e. The van der Waals surface area contributed by atoms with Crippen LogP contribution in [-0.4, -0.2) is 22.6 Å². The Hall–Kier alpha value is -3.42. The summed E-state index contributed by atoms with van der Waals surface area (Å²) in [5, 5.41) is 10.8. The highest BCUT2D eigenvalue weighted by molar-refractivity contribution is 5.79. The molecule has 0 saturated carbocycles. The maximum atomic E-state index is 13.1. The molecule has 0 aliphatic heterocycles. The van der Waals surface area contributed by atoms with Crippen molar-refractivity contribution in [1.82, 2.24) is 20.8 Å². The molecule has 0 aliphatic carbocycles. The average Bonchev–Trinajstić information content (AvgIpc) is 3.19. The number of pyridine rings is 1. The molecule has 8 heteroatoms. The zero-order valence-electron chi connectivity index (χ0n) is 18.1. The molecule has 2 aromatic heterocycles. The van der Waals surface area contributed by atoms with Gasteiger partial charge in [-0.3, -0.25) is 0 Å². The van der Waals surface area contributed by atoms with Crippen LogP contribution in [0.4, 0.5) is 4.39 Å². The van der Waals surface area contributed by atoms with Gasteiger partial charge in [0.05, 0.1) is 12.2 Å². The van der Waals surface area contributed by atoms with Crippen LogP contribution in [0.1, 0.15) is 43.4 Å². The second-order valence-electron chi connectivity index (χ2n) is 6.85. The van der Waals surface area contributed by atoms with Gasteiger partial charge in [-0.2, -0.15) is 0 Å². The molecule has 3 aromatic rings. The summed E-state index contributed by atoms with van der Waals surface area (Å²) in [7, 11) is 0. The number of nitrogens with one attached hydrogen (secondary N) is 2. The lowest BCUT2D eigenvalue weighted by Crippen LogP contribution is -2.37. The van der Waals surface area contributed by atoms with Gasteiger partial charge in [-0.1, -0.05) is 19.0 Å². The predicted molar refractivity (Wildman–Crippen MR) is 118 cm³/mol. The number of guanidine groups is 1. The van der Waals surface area contributed by atoms with E-state index >= 15 is 0 Å². The van der Waals surface area contributed by atoms with Crippen LogP contribution in [0.25, 0.3) is 0 Å². The fourth-order valence-electron chi connectivity index (χ4n) is 3.05. The summed E-state index contributed by atoms with van der Waals surface area (Å²) in [5.41, 5.74) is 3.00. The van der Waals surface area contributed by atoms with Crippen molar-refractivity contribution < 1.29 is 13.7 Å². The Bertz CT molecular complexity index is 980. The smallest absolute Gasteiger partial charge is 0.219 e. The number of aryl methyl sites for hydroxylation is 2. The zero-order chi connectivity index (χ0) is 22.1. The molecule has 2 heterocycles. The number of hydrogen-bond donors (Lipinski definition) is 2. The summed E-state index contributed by atoms with van der Waals surface area (Å²) < 4.78 is 24.2. The molecule has 3 rings (SSSR count). The van der Waals surface area contributed by atoms with E-state index < -0.39 is 0 Å². The summed E-state index contributed by atoms with van der Waals surface area (Å²) >= 11 is 0. The van der Waals surface area contributed by atoms with Crippen LogP contribution < -0.4 is 15.4 Å². The normalized spacial score (nSPS) is 11.4. The highest BCUT2D eigenvalue weighted by Gasteiger charge is 2.13. The Morgan fingerprint density at radius 1 is 1.10 bits per heavy atom. The van der Waals surface area contributed by atoms with E-state index in [2.05, 4.69) is 39.6 Å². The molecule has 0 unspecified atom stereocenters. The Balaban J connectivity index is 1.66. The average molecular weight is 426 g/mol. The van der Waals surface area contributed by atoms with Gasteiger partial charge in [-0.15, -0.1) is 0 Å². The van der Waals surface area contributed by atoms with Crippen LogP contribution in [-0.2, 0) is 25.9 Å². The third kappa shape index (κ3) is 6.28. The van der Waals surface area contributed by atoms with Crippen molar-refractivity contribution in [3.05, 3.63) is 71.0 Å². The Morgan fingerprint density at radius 2 is 1.90 bits per heavy atom. The van der Waals surface area contributed by atoms with Gasteiger partial charge in [-0.05, 0) is 49.2 Å². The summed E-state index contributed by atoms with van der Waals surface area (Å²) in [6.45, 7) is 7.92. The molecule has 164 valence electrons. The molecule has 0 saturated heterocycles. The van der Waals surface area contributed by atoms with Gasteiger partial charge in [0, 0.05) is 37.3 Å². The van der Waals surface area contributed by atoms with Gasteiger partial charge in [0.25, 0.3) is 0 Å². The minimum absolute atomic E-state index is 0.310. The standard InChI is InChI=1S/C23H28FN5O2/c1-4-20-19(21(5-2)31-29-20)15-28-23(25-6-3)27-14-16-11-12-26-22(13-16)30-18-9-7-17(24)8-10-18/h7-13H,4-6,14-15H2,1-3H3,(H2,25,27,28). The van der Waals surface area contributed by atoms with Crippen molar-refractivity contribution >= 4 is 5.96 Å². The van der Waals surface area contributed by atoms with Crippen molar-refractivity contribution in [2.45, 2.75) is 46.7 Å². The van der Waals surface area contributed by atoms with Crippen molar-refractivity contribution in [2.75, 3.05) is 6.54 Å². The Labute approximate surface area is 181 Å². The summed E-state index contributed by atoms with van der Waals surface area (Å²) in [4.78, 5) is 8.88. The van der Waals surface area contributed by atoms with Crippen molar-refractivity contribution in [2.24, 2.45) is 4.99 Å². The molecule has 0 fully saturated rings. The van der Waals surface area contributed by atoms with E-state index in [0.717, 1.165) is 42.0 Å². The number of nitrogens with zero attached hydrogens (tertiary/aromatic N) is 3. The molecule has 2 N–H and O–H groups in total. The summed E-state index contributed by atoms with van der Waals surface area (Å²) in [6.07, 6.45) is 3.29. The van der Waals surface area contributed by atoms with Crippen LogP contribution >= 0.6 is 0 Å². The molecule has 0 atom stereocenters. The first kappa shape index (κ1) is 22.3. The van der Waals surface area contributed by atoms with Gasteiger partial charge in [0.1, 0.15) is 17.3 Å². The Kier molecular flexibility index (Phi) is 7.98. The molecule has 0 spiro atoms. The van der Waals surface area contributed by atoms with E-state index in [-0.39, 0.29) is 5.82 Å². The van der Waals surface area contributed by atoms with Gasteiger partial charge in [0.15, 0.2) is 5.96 Å². The first-order valence-electron chi connectivity index (χ1n) is 10.5. The van der Waals surface area contributed by atoms with Crippen LogP contribution in [0.5, 0.6) is 11.6 Å². The molecular formula is C23H28FN5O2. The molecule has 31 heavy (non-hydrogen) atoms. The number of aromatic nitrogens is 2. The fraction of sp³-hybridized carbons (Fsp3) is 0.348. The van der Waals surface area contributed by atoms with Gasteiger partial charge in [0.2, 0.25) is 5.88 Å². The molecule has 0 aliphatic rings.